The number of rotatable bonds is 7. The van der Waals surface area contributed by atoms with Crippen LogP contribution in [0.25, 0.3) is 0 Å². The van der Waals surface area contributed by atoms with Gasteiger partial charge in [0.15, 0.2) is 0 Å². The second-order valence-electron chi connectivity index (χ2n) is 6.27. The van der Waals surface area contributed by atoms with Gasteiger partial charge >= 0.3 is 5.97 Å². The smallest absolute Gasteiger partial charge is 0.329 e. The predicted octanol–water partition coefficient (Wildman–Crippen LogP) is 1.85. The van der Waals surface area contributed by atoms with E-state index >= 15 is 0 Å². The molecule has 1 aliphatic heterocycles. The zero-order valence-corrected chi connectivity index (χ0v) is 12.9. The number of carboxylic acids is 1. The summed E-state index contributed by atoms with van der Waals surface area (Å²) in [5.74, 6) is -0.293. The van der Waals surface area contributed by atoms with Gasteiger partial charge in [0, 0.05) is 13.0 Å². The molecule has 5 heteroatoms. The summed E-state index contributed by atoms with van der Waals surface area (Å²) in [6, 6.07) is 0. The molecule has 0 aromatic heterocycles. The highest BCUT2D eigenvalue weighted by Crippen LogP contribution is 2.34. The molecule has 1 aliphatic rings. The van der Waals surface area contributed by atoms with Crippen molar-refractivity contribution < 1.29 is 14.7 Å². The monoisotopic (exact) mass is 284 g/mol. The number of amides is 1. The highest BCUT2D eigenvalue weighted by atomic mass is 16.4. The lowest BCUT2D eigenvalue weighted by atomic mass is 9.90. The number of carbonyl (C=O) groups is 2. The van der Waals surface area contributed by atoms with E-state index < -0.39 is 11.5 Å². The van der Waals surface area contributed by atoms with Crippen LogP contribution in [0, 0.1) is 11.8 Å². The van der Waals surface area contributed by atoms with Gasteiger partial charge < -0.3 is 15.7 Å². The number of nitrogens with two attached hydrogens (primary N) is 1. The fraction of sp³-hybridized carbons (Fsp3) is 0.867. The minimum Gasteiger partial charge on any atom is -0.479 e. The Labute approximate surface area is 121 Å². The fourth-order valence-electron chi connectivity index (χ4n) is 3.27. The quantitative estimate of drug-likeness (QED) is 0.747. The van der Waals surface area contributed by atoms with Crippen LogP contribution < -0.4 is 5.73 Å². The zero-order chi connectivity index (χ0) is 15.3. The molecule has 1 unspecified atom stereocenters. The molecule has 3 N–H and O–H groups in total. The van der Waals surface area contributed by atoms with E-state index in [1.807, 2.05) is 6.92 Å². The minimum atomic E-state index is -0.992. The molecule has 20 heavy (non-hydrogen) atoms. The third-order valence-corrected chi connectivity index (χ3v) is 4.37. The Hall–Kier alpha value is -1.10. The minimum absolute atomic E-state index is 0.0529. The van der Waals surface area contributed by atoms with Crippen LogP contribution in [0.3, 0.4) is 0 Å². The summed E-state index contributed by atoms with van der Waals surface area (Å²) in [5.41, 5.74) is 4.75. The van der Waals surface area contributed by atoms with Crippen LogP contribution in [0.5, 0.6) is 0 Å². The average Bonchev–Trinajstić information content (AvgIpc) is 2.82. The van der Waals surface area contributed by atoms with Crippen LogP contribution in [0.15, 0.2) is 0 Å². The first-order valence-corrected chi connectivity index (χ1v) is 7.61. The molecule has 116 valence electrons. The summed E-state index contributed by atoms with van der Waals surface area (Å²) in [7, 11) is 0. The van der Waals surface area contributed by atoms with Gasteiger partial charge in [0.2, 0.25) is 5.91 Å². The van der Waals surface area contributed by atoms with Crippen LogP contribution >= 0.6 is 0 Å². The molecule has 0 aromatic carbocycles. The summed E-state index contributed by atoms with van der Waals surface area (Å²) >= 11 is 0. The second kappa shape index (κ2) is 7.07. The first kappa shape index (κ1) is 17.0. The lowest BCUT2D eigenvalue weighted by Gasteiger charge is -2.35. The maximum atomic E-state index is 12.5. The summed E-state index contributed by atoms with van der Waals surface area (Å²) in [4.78, 5) is 25.6. The van der Waals surface area contributed by atoms with E-state index in [9.17, 15) is 14.7 Å². The molecular weight excluding hydrogens is 256 g/mol. The third-order valence-electron chi connectivity index (χ3n) is 4.37. The number of aliphatic carboxylic acids is 1. The molecule has 0 aromatic rings. The largest absolute Gasteiger partial charge is 0.479 e. The molecule has 0 spiro atoms. The van der Waals surface area contributed by atoms with E-state index in [-0.39, 0.29) is 11.8 Å². The number of hydrogen-bond donors (Lipinski definition) is 2. The van der Waals surface area contributed by atoms with Crippen LogP contribution in [0.1, 0.15) is 52.9 Å². The Bertz CT molecular complexity index is 357. The van der Waals surface area contributed by atoms with Crippen molar-refractivity contribution in [3.8, 4) is 0 Å². The van der Waals surface area contributed by atoms with Gasteiger partial charge in [-0.1, -0.05) is 20.8 Å². The molecule has 1 saturated heterocycles. The first-order chi connectivity index (χ1) is 9.37. The van der Waals surface area contributed by atoms with Crippen molar-refractivity contribution in [2.24, 2.45) is 17.6 Å². The normalized spacial score (nSPS) is 24.1. The highest BCUT2D eigenvalue weighted by molar-refractivity contribution is 5.87. The van der Waals surface area contributed by atoms with Crippen molar-refractivity contribution in [3.05, 3.63) is 0 Å². The Kier molecular flexibility index (Phi) is 5.99. The number of nitrogens with zero attached hydrogens (tertiary/aromatic N) is 1. The van der Waals surface area contributed by atoms with E-state index in [1.165, 1.54) is 0 Å². The van der Waals surface area contributed by atoms with Crippen LogP contribution in [-0.2, 0) is 9.59 Å². The third kappa shape index (κ3) is 3.51. The topological polar surface area (TPSA) is 83.6 Å². The van der Waals surface area contributed by atoms with Crippen LogP contribution in [-0.4, -0.2) is 40.5 Å². The lowest BCUT2D eigenvalue weighted by Crippen LogP contribution is -2.53. The molecule has 1 amide bonds. The summed E-state index contributed by atoms with van der Waals surface area (Å²) < 4.78 is 0. The van der Waals surface area contributed by atoms with Gasteiger partial charge in [-0.05, 0) is 44.1 Å². The number of hydrogen-bond acceptors (Lipinski definition) is 3. The van der Waals surface area contributed by atoms with Gasteiger partial charge in [0.25, 0.3) is 0 Å². The van der Waals surface area contributed by atoms with Crippen molar-refractivity contribution in [1.82, 2.24) is 4.90 Å². The van der Waals surface area contributed by atoms with Gasteiger partial charge in [-0.15, -0.1) is 0 Å². The number of carboxylic acid groups (broad SMARTS) is 1. The molecule has 0 saturated carbocycles. The Morgan fingerprint density at radius 2 is 2.05 bits per heavy atom. The second-order valence-corrected chi connectivity index (χ2v) is 6.27. The van der Waals surface area contributed by atoms with Crippen molar-refractivity contribution in [2.45, 2.75) is 58.4 Å². The number of carbonyl (C=O) groups excluding carboxylic acids is 1. The Balaban J connectivity index is 2.77. The maximum absolute atomic E-state index is 12.5. The SMILES string of the molecule is CCC1(C(=O)O)CCCN1C(=O)C[C@@H](CN)CC(C)C. The van der Waals surface area contributed by atoms with E-state index in [1.54, 1.807) is 4.90 Å². The van der Waals surface area contributed by atoms with Gasteiger partial charge in [-0.2, -0.15) is 0 Å². The van der Waals surface area contributed by atoms with Crippen molar-refractivity contribution in [2.75, 3.05) is 13.1 Å². The molecule has 0 bridgehead atoms. The molecule has 0 radical (unpaired) electrons. The molecule has 1 rings (SSSR count). The summed E-state index contributed by atoms with van der Waals surface area (Å²) in [5, 5.41) is 9.50. The Morgan fingerprint density at radius 3 is 2.50 bits per heavy atom. The summed E-state index contributed by atoms with van der Waals surface area (Å²) in [6.07, 6.45) is 3.06. The van der Waals surface area contributed by atoms with Gasteiger partial charge in [-0.25, -0.2) is 4.79 Å². The number of likely N-dealkylation sites (tertiary alicyclic amines) is 1. The van der Waals surface area contributed by atoms with E-state index in [0.717, 1.165) is 12.8 Å². The van der Waals surface area contributed by atoms with Gasteiger partial charge in [0.05, 0.1) is 0 Å². The Morgan fingerprint density at radius 1 is 1.40 bits per heavy atom. The molecule has 1 fully saturated rings. The molecular formula is C15H28N2O3. The molecule has 0 aliphatic carbocycles. The first-order valence-electron chi connectivity index (χ1n) is 7.61. The van der Waals surface area contributed by atoms with Crippen molar-refractivity contribution >= 4 is 11.9 Å². The van der Waals surface area contributed by atoms with Gasteiger partial charge in [-0.3, -0.25) is 4.79 Å². The van der Waals surface area contributed by atoms with E-state index in [2.05, 4.69) is 13.8 Å². The van der Waals surface area contributed by atoms with E-state index in [4.69, 9.17) is 5.73 Å². The van der Waals surface area contributed by atoms with E-state index in [0.29, 0.717) is 38.3 Å². The molecule has 2 atom stereocenters. The fourth-order valence-corrected chi connectivity index (χ4v) is 3.27. The van der Waals surface area contributed by atoms with Crippen LogP contribution in [0.2, 0.25) is 0 Å². The standard InChI is InChI=1S/C15H28N2O3/c1-4-15(14(19)20)6-5-7-17(15)13(18)9-12(10-16)8-11(2)3/h11-12H,4-10,16H2,1-3H3,(H,19,20)/t12-,15?/m0/s1. The zero-order valence-electron chi connectivity index (χ0n) is 12.9. The van der Waals surface area contributed by atoms with Crippen LogP contribution in [0.4, 0.5) is 0 Å². The average molecular weight is 284 g/mol. The lowest BCUT2D eigenvalue weighted by molar-refractivity contribution is -0.157. The predicted molar refractivity (Wildman–Crippen MR) is 78.2 cm³/mol. The molecule has 1 heterocycles. The summed E-state index contributed by atoms with van der Waals surface area (Å²) in [6.45, 7) is 7.09. The highest BCUT2D eigenvalue weighted by Gasteiger charge is 2.48. The van der Waals surface area contributed by atoms with Crippen molar-refractivity contribution in [3.63, 3.8) is 0 Å². The maximum Gasteiger partial charge on any atom is 0.329 e. The molecule has 5 nitrogen and oxygen atoms in total. The van der Waals surface area contributed by atoms with Crippen molar-refractivity contribution in [1.29, 1.82) is 0 Å². The van der Waals surface area contributed by atoms with Gasteiger partial charge in [0.1, 0.15) is 5.54 Å².